The lowest BCUT2D eigenvalue weighted by atomic mass is 9.90. The molecule has 1 heteroatoms. The second-order valence-electron chi connectivity index (χ2n) is 3.58. The van der Waals surface area contributed by atoms with Crippen molar-refractivity contribution < 1.29 is 0 Å². The van der Waals surface area contributed by atoms with Gasteiger partial charge >= 0.3 is 0 Å². The summed E-state index contributed by atoms with van der Waals surface area (Å²) in [5.74, 6) is 0. The fourth-order valence-corrected chi connectivity index (χ4v) is 1.23. The van der Waals surface area contributed by atoms with Gasteiger partial charge in [0.1, 0.15) is 0 Å². The van der Waals surface area contributed by atoms with Crippen LogP contribution in [0.4, 0.5) is 0 Å². The van der Waals surface area contributed by atoms with Crippen LogP contribution >= 0.6 is 0 Å². The molecule has 0 aromatic heterocycles. The molecule has 0 aromatic carbocycles. The van der Waals surface area contributed by atoms with Gasteiger partial charge in [-0.05, 0) is 18.3 Å². The molecule has 0 unspecified atom stereocenters. The lowest BCUT2D eigenvalue weighted by Gasteiger charge is -2.13. The smallest absolute Gasteiger partial charge is 0.0443 e. The summed E-state index contributed by atoms with van der Waals surface area (Å²) in [5.41, 5.74) is 1.87. The van der Waals surface area contributed by atoms with Gasteiger partial charge in [0, 0.05) is 12.3 Å². The molecular weight excluding hydrogens is 110 g/mol. The Morgan fingerprint density at radius 2 is 2.22 bits per heavy atom. The molecule has 0 fully saturated rings. The van der Waals surface area contributed by atoms with Gasteiger partial charge in [-0.25, -0.2) is 0 Å². The summed E-state index contributed by atoms with van der Waals surface area (Å²) in [4.78, 5) is 4.42. The molecule has 0 saturated heterocycles. The van der Waals surface area contributed by atoms with Crippen LogP contribution in [0.25, 0.3) is 0 Å². The van der Waals surface area contributed by atoms with Crippen molar-refractivity contribution in [3.63, 3.8) is 0 Å². The van der Waals surface area contributed by atoms with Crippen LogP contribution in [0.2, 0.25) is 0 Å². The average Bonchev–Trinajstić information content (AvgIpc) is 2.10. The van der Waals surface area contributed by atoms with E-state index in [1.807, 2.05) is 0 Å². The summed E-state index contributed by atoms with van der Waals surface area (Å²) in [7, 11) is 0. The molecule has 0 N–H and O–H groups in total. The van der Waals surface area contributed by atoms with Crippen molar-refractivity contribution in [2.45, 2.75) is 33.6 Å². The van der Waals surface area contributed by atoms with E-state index in [0.29, 0.717) is 5.41 Å². The Labute approximate surface area is 57.2 Å². The van der Waals surface area contributed by atoms with Crippen LogP contribution in [0.5, 0.6) is 0 Å². The van der Waals surface area contributed by atoms with Gasteiger partial charge in [0.05, 0.1) is 0 Å². The van der Waals surface area contributed by atoms with Crippen LogP contribution in [0.3, 0.4) is 0 Å². The second kappa shape index (κ2) is 2.13. The highest BCUT2D eigenvalue weighted by molar-refractivity contribution is 5.86. The Morgan fingerprint density at radius 1 is 1.56 bits per heavy atom. The molecule has 1 aliphatic rings. The van der Waals surface area contributed by atoms with Crippen LogP contribution in [-0.4, -0.2) is 12.3 Å². The second-order valence-corrected chi connectivity index (χ2v) is 3.58. The van der Waals surface area contributed by atoms with Crippen LogP contribution in [0.15, 0.2) is 4.99 Å². The third-order valence-electron chi connectivity index (χ3n) is 1.82. The first-order chi connectivity index (χ1) is 4.14. The minimum atomic E-state index is 0.464. The number of nitrogens with zero attached hydrogens (tertiary/aromatic N) is 1. The van der Waals surface area contributed by atoms with Crippen molar-refractivity contribution in [2.75, 3.05) is 6.54 Å². The van der Waals surface area contributed by atoms with Crippen molar-refractivity contribution in [1.82, 2.24) is 0 Å². The summed E-state index contributed by atoms with van der Waals surface area (Å²) in [6, 6.07) is 0. The molecule has 0 aromatic rings. The van der Waals surface area contributed by atoms with Crippen molar-refractivity contribution in [3.05, 3.63) is 0 Å². The molecule has 0 aliphatic carbocycles. The summed E-state index contributed by atoms with van der Waals surface area (Å²) in [6.07, 6.45) is 2.35. The van der Waals surface area contributed by atoms with Crippen molar-refractivity contribution in [1.29, 1.82) is 0 Å². The minimum Gasteiger partial charge on any atom is -0.294 e. The highest BCUT2D eigenvalue weighted by Crippen LogP contribution is 2.27. The van der Waals surface area contributed by atoms with E-state index in [2.05, 4.69) is 25.8 Å². The van der Waals surface area contributed by atoms with E-state index in [9.17, 15) is 0 Å². The first-order valence-corrected chi connectivity index (χ1v) is 3.66. The maximum atomic E-state index is 4.42. The molecule has 0 spiro atoms. The van der Waals surface area contributed by atoms with Crippen LogP contribution in [0.1, 0.15) is 33.6 Å². The standard InChI is InChI=1S/C8H15N/c1-4-7-5-8(2,3)6-9-7/h4-6H2,1-3H3. The SMILES string of the molecule is CCC1=NCC(C)(C)C1. The predicted octanol–water partition coefficient (Wildman–Crippen LogP) is 2.27. The third kappa shape index (κ3) is 1.54. The van der Waals surface area contributed by atoms with Gasteiger partial charge < -0.3 is 0 Å². The summed E-state index contributed by atoms with van der Waals surface area (Å²) in [6.45, 7) is 7.77. The molecule has 9 heavy (non-hydrogen) atoms. The van der Waals surface area contributed by atoms with Gasteiger partial charge in [0.25, 0.3) is 0 Å². The van der Waals surface area contributed by atoms with E-state index in [1.165, 1.54) is 12.1 Å². The van der Waals surface area contributed by atoms with E-state index < -0.39 is 0 Å². The Bertz CT molecular complexity index is 134. The van der Waals surface area contributed by atoms with Gasteiger partial charge in [-0.15, -0.1) is 0 Å². The zero-order chi connectivity index (χ0) is 6.91. The van der Waals surface area contributed by atoms with Crippen molar-refractivity contribution >= 4 is 5.71 Å². The lowest BCUT2D eigenvalue weighted by molar-refractivity contribution is 0.422. The first-order valence-electron chi connectivity index (χ1n) is 3.66. The van der Waals surface area contributed by atoms with E-state index in [-0.39, 0.29) is 0 Å². The maximum Gasteiger partial charge on any atom is 0.0443 e. The van der Waals surface area contributed by atoms with Gasteiger partial charge in [-0.3, -0.25) is 4.99 Å². The fourth-order valence-electron chi connectivity index (χ4n) is 1.23. The number of aliphatic imine (C=N–C) groups is 1. The van der Waals surface area contributed by atoms with E-state index >= 15 is 0 Å². The normalized spacial score (nSPS) is 24.1. The zero-order valence-corrected chi connectivity index (χ0v) is 6.57. The highest BCUT2D eigenvalue weighted by atomic mass is 14.8. The number of hydrogen-bond donors (Lipinski definition) is 0. The lowest BCUT2D eigenvalue weighted by Crippen LogP contribution is -2.11. The van der Waals surface area contributed by atoms with Crippen molar-refractivity contribution in [2.24, 2.45) is 10.4 Å². The molecule has 1 rings (SSSR count). The van der Waals surface area contributed by atoms with Gasteiger partial charge in [-0.1, -0.05) is 20.8 Å². The molecule has 1 aliphatic heterocycles. The topological polar surface area (TPSA) is 12.4 Å². The quantitative estimate of drug-likeness (QED) is 0.509. The van der Waals surface area contributed by atoms with Crippen LogP contribution in [0, 0.1) is 5.41 Å². The largest absolute Gasteiger partial charge is 0.294 e. The van der Waals surface area contributed by atoms with Crippen molar-refractivity contribution in [3.8, 4) is 0 Å². The molecule has 0 saturated carbocycles. The highest BCUT2D eigenvalue weighted by Gasteiger charge is 2.24. The van der Waals surface area contributed by atoms with Crippen LogP contribution < -0.4 is 0 Å². The predicted molar refractivity (Wildman–Crippen MR) is 41.0 cm³/mol. The first kappa shape index (κ1) is 6.79. The average molecular weight is 125 g/mol. The Balaban J connectivity index is 2.50. The monoisotopic (exact) mass is 125 g/mol. The summed E-state index contributed by atoms with van der Waals surface area (Å²) in [5, 5.41) is 0. The number of hydrogen-bond acceptors (Lipinski definition) is 1. The van der Waals surface area contributed by atoms with E-state index in [0.717, 1.165) is 13.0 Å². The molecule has 0 radical (unpaired) electrons. The Kier molecular flexibility index (Phi) is 1.60. The Morgan fingerprint density at radius 3 is 2.44 bits per heavy atom. The maximum absolute atomic E-state index is 4.42. The molecule has 0 atom stereocenters. The zero-order valence-electron chi connectivity index (χ0n) is 6.57. The Hall–Kier alpha value is -0.330. The van der Waals surface area contributed by atoms with E-state index in [1.54, 1.807) is 0 Å². The molecule has 1 nitrogen and oxygen atoms in total. The number of rotatable bonds is 1. The summed E-state index contributed by atoms with van der Waals surface area (Å²) < 4.78 is 0. The summed E-state index contributed by atoms with van der Waals surface area (Å²) >= 11 is 0. The third-order valence-corrected chi connectivity index (χ3v) is 1.82. The molecule has 0 bridgehead atoms. The van der Waals surface area contributed by atoms with E-state index in [4.69, 9.17) is 0 Å². The molecule has 1 heterocycles. The van der Waals surface area contributed by atoms with Gasteiger partial charge in [0.15, 0.2) is 0 Å². The van der Waals surface area contributed by atoms with Gasteiger partial charge in [0.2, 0.25) is 0 Å². The minimum absolute atomic E-state index is 0.464. The molecule has 0 amide bonds. The molecule has 52 valence electrons. The van der Waals surface area contributed by atoms with Crippen LogP contribution in [-0.2, 0) is 0 Å². The van der Waals surface area contributed by atoms with Gasteiger partial charge in [-0.2, -0.15) is 0 Å². The fraction of sp³-hybridized carbons (Fsp3) is 0.875. The molecular formula is C8H15N.